The Hall–Kier alpha value is -1.23. The number of likely N-dealkylation sites (N-methyl/N-ethyl adjacent to an activating group) is 1. The average molecular weight is 184 g/mol. The minimum atomic E-state index is -0.512. The topological polar surface area (TPSA) is 41.0 Å². The summed E-state index contributed by atoms with van der Waals surface area (Å²) in [6.07, 6.45) is 1.20. The zero-order valence-electron chi connectivity index (χ0n) is 7.79. The molecule has 5 heteroatoms. The molecule has 0 bridgehead atoms. The van der Waals surface area contributed by atoms with Crippen molar-refractivity contribution in [2.24, 2.45) is 0 Å². The largest absolute Gasteiger partial charge is 0.369 e. The first-order chi connectivity index (χ1) is 6.18. The van der Waals surface area contributed by atoms with Gasteiger partial charge >= 0.3 is 0 Å². The van der Waals surface area contributed by atoms with Gasteiger partial charge < -0.3 is 10.2 Å². The van der Waals surface area contributed by atoms with Gasteiger partial charge in [-0.1, -0.05) is 0 Å². The molecule has 4 nitrogen and oxygen atoms in total. The van der Waals surface area contributed by atoms with E-state index in [1.165, 1.54) is 12.4 Å². The molecule has 0 unspecified atom stereocenters. The molecule has 0 atom stereocenters. The summed E-state index contributed by atoms with van der Waals surface area (Å²) in [4.78, 5) is 9.24. The monoisotopic (exact) mass is 184 g/mol. The van der Waals surface area contributed by atoms with Crippen LogP contribution in [0.4, 0.5) is 10.2 Å². The lowest BCUT2D eigenvalue weighted by Crippen LogP contribution is -2.21. The first kappa shape index (κ1) is 9.85. The van der Waals surface area contributed by atoms with Gasteiger partial charge in [0.05, 0.1) is 0 Å². The van der Waals surface area contributed by atoms with Crippen molar-refractivity contribution in [1.29, 1.82) is 0 Å². The molecule has 1 aromatic rings. The van der Waals surface area contributed by atoms with Crippen LogP contribution in [-0.2, 0) is 0 Å². The highest BCUT2D eigenvalue weighted by Crippen LogP contribution is 2.00. The van der Waals surface area contributed by atoms with Gasteiger partial charge in [0, 0.05) is 19.2 Å². The Labute approximate surface area is 76.8 Å². The lowest BCUT2D eigenvalue weighted by Gasteiger charge is -2.10. The summed E-state index contributed by atoms with van der Waals surface area (Å²) in [7, 11) is 3.95. The zero-order chi connectivity index (χ0) is 9.68. The van der Waals surface area contributed by atoms with Gasteiger partial charge in [0.15, 0.2) is 0 Å². The van der Waals surface area contributed by atoms with Gasteiger partial charge in [-0.2, -0.15) is 4.39 Å². The normalized spacial score (nSPS) is 10.5. The number of hydrogen-bond donors (Lipinski definition) is 1. The Balaban J connectivity index is 2.37. The number of hydrogen-bond acceptors (Lipinski definition) is 4. The Kier molecular flexibility index (Phi) is 3.57. The van der Waals surface area contributed by atoms with E-state index < -0.39 is 5.95 Å². The molecule has 0 aliphatic carbocycles. The molecule has 0 saturated heterocycles. The van der Waals surface area contributed by atoms with Crippen LogP contribution in [0.3, 0.4) is 0 Å². The molecule has 1 aromatic heterocycles. The van der Waals surface area contributed by atoms with E-state index in [1.54, 1.807) is 0 Å². The summed E-state index contributed by atoms with van der Waals surface area (Å²) in [5, 5.41) is 2.98. The van der Waals surface area contributed by atoms with Gasteiger partial charge in [-0.25, -0.2) is 9.97 Å². The highest BCUT2D eigenvalue weighted by molar-refractivity contribution is 5.31. The maximum Gasteiger partial charge on any atom is 0.217 e. The van der Waals surface area contributed by atoms with E-state index in [2.05, 4.69) is 15.3 Å². The smallest absolute Gasteiger partial charge is 0.217 e. The molecule has 1 heterocycles. The van der Waals surface area contributed by atoms with Crippen molar-refractivity contribution >= 4 is 5.82 Å². The minimum Gasteiger partial charge on any atom is -0.369 e. The van der Waals surface area contributed by atoms with E-state index in [0.29, 0.717) is 5.82 Å². The van der Waals surface area contributed by atoms with E-state index in [0.717, 1.165) is 13.1 Å². The van der Waals surface area contributed by atoms with Crippen LogP contribution in [0.5, 0.6) is 0 Å². The van der Waals surface area contributed by atoms with Crippen LogP contribution in [-0.4, -0.2) is 42.1 Å². The third kappa shape index (κ3) is 3.80. The van der Waals surface area contributed by atoms with Crippen molar-refractivity contribution in [1.82, 2.24) is 14.9 Å². The summed E-state index contributed by atoms with van der Waals surface area (Å²) in [5.41, 5.74) is 0. The Bertz CT molecular complexity index is 264. The van der Waals surface area contributed by atoms with Gasteiger partial charge in [-0.05, 0) is 14.1 Å². The summed E-state index contributed by atoms with van der Waals surface area (Å²) in [5.74, 6) is 0.0108. The fourth-order valence-corrected chi connectivity index (χ4v) is 0.838. The second-order valence-electron chi connectivity index (χ2n) is 2.96. The molecule has 0 radical (unpaired) electrons. The van der Waals surface area contributed by atoms with Gasteiger partial charge in [0.25, 0.3) is 0 Å². The van der Waals surface area contributed by atoms with Gasteiger partial charge in [0.2, 0.25) is 5.95 Å². The van der Waals surface area contributed by atoms with E-state index in [9.17, 15) is 4.39 Å². The first-order valence-corrected chi connectivity index (χ1v) is 4.04. The zero-order valence-corrected chi connectivity index (χ0v) is 7.79. The van der Waals surface area contributed by atoms with E-state index >= 15 is 0 Å². The SMILES string of the molecule is CN(C)CCNc1cc(F)ncn1. The van der Waals surface area contributed by atoms with Crippen LogP contribution < -0.4 is 5.32 Å². The summed E-state index contributed by atoms with van der Waals surface area (Å²) < 4.78 is 12.6. The lowest BCUT2D eigenvalue weighted by molar-refractivity contribution is 0.425. The fourth-order valence-electron chi connectivity index (χ4n) is 0.838. The number of aromatic nitrogens is 2. The first-order valence-electron chi connectivity index (χ1n) is 4.04. The molecule has 0 fully saturated rings. The van der Waals surface area contributed by atoms with Crippen LogP contribution in [0.15, 0.2) is 12.4 Å². The molecule has 0 spiro atoms. The Morgan fingerprint density at radius 3 is 2.85 bits per heavy atom. The van der Waals surface area contributed by atoms with Crippen LogP contribution in [0.25, 0.3) is 0 Å². The molecular formula is C8H13FN4. The van der Waals surface area contributed by atoms with Crippen LogP contribution in [0.1, 0.15) is 0 Å². The molecular weight excluding hydrogens is 171 g/mol. The van der Waals surface area contributed by atoms with Crippen LogP contribution in [0, 0.1) is 5.95 Å². The van der Waals surface area contributed by atoms with Gasteiger partial charge in [-0.15, -0.1) is 0 Å². The van der Waals surface area contributed by atoms with Crippen molar-refractivity contribution in [3.05, 3.63) is 18.3 Å². The van der Waals surface area contributed by atoms with E-state index in [1.807, 2.05) is 19.0 Å². The Morgan fingerprint density at radius 1 is 1.46 bits per heavy atom. The number of nitrogens with one attached hydrogen (secondary N) is 1. The minimum absolute atomic E-state index is 0.512. The average Bonchev–Trinajstić information content (AvgIpc) is 2.03. The number of halogens is 1. The third-order valence-corrected chi connectivity index (χ3v) is 1.50. The molecule has 0 amide bonds. The Morgan fingerprint density at radius 2 is 2.23 bits per heavy atom. The molecule has 0 aromatic carbocycles. The highest BCUT2D eigenvalue weighted by Gasteiger charge is 1.96. The standard InChI is InChI=1S/C8H13FN4/c1-13(2)4-3-10-8-5-7(9)11-6-12-8/h5-6H,3-4H2,1-2H3,(H,10,11,12). The molecule has 72 valence electrons. The van der Waals surface area contributed by atoms with Crippen LogP contribution >= 0.6 is 0 Å². The van der Waals surface area contributed by atoms with Crippen molar-refractivity contribution in [2.45, 2.75) is 0 Å². The quantitative estimate of drug-likeness (QED) is 0.695. The maximum atomic E-state index is 12.6. The second kappa shape index (κ2) is 4.71. The number of anilines is 1. The third-order valence-electron chi connectivity index (χ3n) is 1.50. The molecule has 0 saturated carbocycles. The predicted octanol–water partition coefficient (Wildman–Crippen LogP) is 0.589. The molecule has 0 aliphatic rings. The van der Waals surface area contributed by atoms with Gasteiger partial charge in [-0.3, -0.25) is 0 Å². The van der Waals surface area contributed by atoms with Crippen molar-refractivity contribution in [3.8, 4) is 0 Å². The molecule has 1 rings (SSSR count). The summed E-state index contributed by atoms with van der Waals surface area (Å²) in [6, 6.07) is 1.27. The fraction of sp³-hybridized carbons (Fsp3) is 0.500. The number of nitrogens with zero attached hydrogens (tertiary/aromatic N) is 3. The number of rotatable bonds is 4. The van der Waals surface area contributed by atoms with Crippen LogP contribution in [0.2, 0.25) is 0 Å². The molecule has 0 aliphatic heterocycles. The van der Waals surface area contributed by atoms with Crippen molar-refractivity contribution in [2.75, 3.05) is 32.5 Å². The van der Waals surface area contributed by atoms with Crippen molar-refractivity contribution < 1.29 is 4.39 Å². The predicted molar refractivity (Wildman–Crippen MR) is 49.0 cm³/mol. The second-order valence-corrected chi connectivity index (χ2v) is 2.96. The summed E-state index contributed by atoms with van der Waals surface area (Å²) >= 11 is 0. The molecule has 1 N–H and O–H groups in total. The maximum absolute atomic E-state index is 12.6. The van der Waals surface area contributed by atoms with E-state index in [-0.39, 0.29) is 0 Å². The summed E-state index contributed by atoms with van der Waals surface area (Å²) in [6.45, 7) is 1.62. The van der Waals surface area contributed by atoms with E-state index in [4.69, 9.17) is 0 Å². The molecule has 13 heavy (non-hydrogen) atoms. The lowest BCUT2D eigenvalue weighted by atomic mass is 10.5. The van der Waals surface area contributed by atoms with Crippen molar-refractivity contribution in [3.63, 3.8) is 0 Å². The highest BCUT2D eigenvalue weighted by atomic mass is 19.1. The van der Waals surface area contributed by atoms with Gasteiger partial charge in [0.1, 0.15) is 12.1 Å².